The molecule has 1 saturated heterocycles. The summed E-state index contributed by atoms with van der Waals surface area (Å²) in [6, 6.07) is 5.56. The van der Waals surface area contributed by atoms with Crippen molar-refractivity contribution in [1.29, 1.82) is 0 Å². The minimum atomic E-state index is -4.78. The lowest BCUT2D eigenvalue weighted by Gasteiger charge is -2.23. The molecular weight excluding hydrogens is 421 g/mol. The van der Waals surface area contributed by atoms with Crippen molar-refractivity contribution in [3.05, 3.63) is 36.2 Å². The van der Waals surface area contributed by atoms with E-state index in [1.807, 2.05) is 6.92 Å². The number of carbonyl (C=O) groups excluding carboxylic acids is 1. The van der Waals surface area contributed by atoms with Gasteiger partial charge >= 0.3 is 6.36 Å². The van der Waals surface area contributed by atoms with Crippen molar-refractivity contribution < 1.29 is 27.4 Å². The Morgan fingerprint density at radius 1 is 1.40 bits per heavy atom. The van der Waals surface area contributed by atoms with Crippen LogP contribution in [0.2, 0.25) is 0 Å². The highest BCUT2D eigenvalue weighted by molar-refractivity contribution is 7.22. The van der Waals surface area contributed by atoms with Gasteiger partial charge in [-0.05, 0) is 38.0 Å². The van der Waals surface area contributed by atoms with Crippen LogP contribution in [0.4, 0.5) is 18.3 Å². The summed E-state index contributed by atoms with van der Waals surface area (Å²) in [4.78, 5) is 19.3. The lowest BCUT2D eigenvalue weighted by Crippen LogP contribution is -2.38. The number of ether oxygens (including phenoxy) is 2. The maximum absolute atomic E-state index is 13.3. The number of amides is 1. The SMILES string of the molecule is CCn1nccc1C(=O)N(CC1CCCO1)c1nc2ccc(OC(F)(F)F)cc2s1. The standard InChI is InChI=1S/C19H19F3N4O3S/c1-2-26-15(7-8-23-26)17(27)25(11-13-4-3-9-28-13)18-24-14-6-5-12(10-16(14)30-18)29-19(20,21)22/h5-8,10,13H,2-4,9,11H2,1H3. The number of fused-ring (bicyclic) bond motifs is 1. The third kappa shape index (κ3) is 4.41. The highest BCUT2D eigenvalue weighted by atomic mass is 32.1. The molecule has 0 N–H and O–H groups in total. The highest BCUT2D eigenvalue weighted by Gasteiger charge is 2.32. The number of carbonyl (C=O) groups is 1. The fourth-order valence-corrected chi connectivity index (χ4v) is 4.35. The lowest BCUT2D eigenvalue weighted by molar-refractivity contribution is -0.274. The molecule has 3 heterocycles. The molecule has 30 heavy (non-hydrogen) atoms. The quantitative estimate of drug-likeness (QED) is 0.574. The van der Waals surface area contributed by atoms with Crippen LogP contribution in [0.1, 0.15) is 30.3 Å². The first kappa shape index (κ1) is 20.6. The second kappa shape index (κ2) is 8.23. The van der Waals surface area contributed by atoms with E-state index in [4.69, 9.17) is 4.74 Å². The van der Waals surface area contributed by atoms with Crippen LogP contribution in [0.15, 0.2) is 30.5 Å². The predicted molar refractivity (Wildman–Crippen MR) is 105 cm³/mol. The zero-order valence-electron chi connectivity index (χ0n) is 16.1. The molecule has 1 fully saturated rings. The summed E-state index contributed by atoms with van der Waals surface area (Å²) in [7, 11) is 0. The van der Waals surface area contributed by atoms with Crippen molar-refractivity contribution >= 4 is 32.6 Å². The number of halogens is 3. The monoisotopic (exact) mass is 440 g/mol. The first-order chi connectivity index (χ1) is 14.3. The van der Waals surface area contributed by atoms with Gasteiger partial charge in [-0.15, -0.1) is 13.2 Å². The summed E-state index contributed by atoms with van der Waals surface area (Å²) < 4.78 is 49.3. The summed E-state index contributed by atoms with van der Waals surface area (Å²) >= 11 is 1.13. The molecule has 0 spiro atoms. The van der Waals surface area contributed by atoms with E-state index >= 15 is 0 Å². The maximum Gasteiger partial charge on any atom is 0.573 e. The van der Waals surface area contributed by atoms with Crippen molar-refractivity contribution in [2.45, 2.75) is 38.8 Å². The number of anilines is 1. The van der Waals surface area contributed by atoms with Crippen molar-refractivity contribution in [2.75, 3.05) is 18.1 Å². The molecule has 1 aromatic carbocycles. The minimum Gasteiger partial charge on any atom is -0.406 e. The zero-order valence-corrected chi connectivity index (χ0v) is 16.9. The number of rotatable bonds is 6. The fraction of sp³-hybridized carbons (Fsp3) is 0.421. The van der Waals surface area contributed by atoms with Gasteiger partial charge in [-0.1, -0.05) is 11.3 Å². The number of alkyl halides is 3. The number of hydrogen-bond acceptors (Lipinski definition) is 6. The molecular formula is C19H19F3N4O3S. The van der Waals surface area contributed by atoms with E-state index in [-0.39, 0.29) is 17.8 Å². The van der Waals surface area contributed by atoms with Gasteiger partial charge in [-0.25, -0.2) is 4.98 Å². The average Bonchev–Trinajstić information content (AvgIpc) is 3.43. The number of aromatic nitrogens is 3. The molecule has 1 amide bonds. The van der Waals surface area contributed by atoms with Crippen LogP contribution < -0.4 is 9.64 Å². The first-order valence-corrected chi connectivity index (χ1v) is 10.3. The Balaban J connectivity index is 1.68. The number of benzene rings is 1. The van der Waals surface area contributed by atoms with Crippen LogP contribution in [-0.2, 0) is 11.3 Å². The first-order valence-electron chi connectivity index (χ1n) is 9.45. The fourth-order valence-electron chi connectivity index (χ4n) is 3.35. The Labute approximate surface area is 174 Å². The normalized spacial score (nSPS) is 16.9. The third-order valence-electron chi connectivity index (χ3n) is 4.70. The van der Waals surface area contributed by atoms with Crippen LogP contribution in [0, 0.1) is 0 Å². The molecule has 1 aliphatic rings. The Bertz CT molecular complexity index is 1040. The molecule has 0 saturated carbocycles. The van der Waals surface area contributed by atoms with Crippen LogP contribution in [0.5, 0.6) is 5.75 Å². The Morgan fingerprint density at radius 3 is 2.93 bits per heavy atom. The highest BCUT2D eigenvalue weighted by Crippen LogP contribution is 2.34. The Hall–Kier alpha value is -2.66. The van der Waals surface area contributed by atoms with Gasteiger partial charge in [0.05, 0.1) is 22.9 Å². The number of nitrogens with zero attached hydrogens (tertiary/aromatic N) is 4. The van der Waals surface area contributed by atoms with Gasteiger partial charge in [-0.2, -0.15) is 5.10 Å². The average molecular weight is 440 g/mol. The van der Waals surface area contributed by atoms with Crippen molar-refractivity contribution in [1.82, 2.24) is 14.8 Å². The van der Waals surface area contributed by atoms with E-state index in [2.05, 4.69) is 14.8 Å². The molecule has 0 radical (unpaired) electrons. The summed E-state index contributed by atoms with van der Waals surface area (Å²) in [5.41, 5.74) is 0.898. The van der Waals surface area contributed by atoms with Crippen LogP contribution in [-0.4, -0.2) is 46.3 Å². The molecule has 1 atom stereocenters. The molecule has 0 aliphatic carbocycles. The molecule has 3 aromatic rings. The van der Waals surface area contributed by atoms with Crippen molar-refractivity contribution in [2.24, 2.45) is 0 Å². The van der Waals surface area contributed by atoms with Gasteiger partial charge < -0.3 is 9.47 Å². The summed E-state index contributed by atoms with van der Waals surface area (Å²) in [5, 5.41) is 4.54. The lowest BCUT2D eigenvalue weighted by atomic mass is 10.2. The molecule has 1 aliphatic heterocycles. The largest absolute Gasteiger partial charge is 0.573 e. The summed E-state index contributed by atoms with van der Waals surface area (Å²) in [6.07, 6.45) is -1.60. The van der Waals surface area contributed by atoms with E-state index in [0.717, 1.165) is 24.2 Å². The zero-order chi connectivity index (χ0) is 21.3. The minimum absolute atomic E-state index is 0.122. The Kier molecular flexibility index (Phi) is 5.65. The van der Waals surface area contributed by atoms with E-state index in [0.29, 0.717) is 40.7 Å². The van der Waals surface area contributed by atoms with E-state index in [9.17, 15) is 18.0 Å². The van der Waals surface area contributed by atoms with Gasteiger partial charge in [0, 0.05) is 25.4 Å². The van der Waals surface area contributed by atoms with Crippen molar-refractivity contribution in [3.63, 3.8) is 0 Å². The third-order valence-corrected chi connectivity index (χ3v) is 5.74. The van der Waals surface area contributed by atoms with Gasteiger partial charge in [0.25, 0.3) is 5.91 Å². The van der Waals surface area contributed by atoms with E-state index < -0.39 is 6.36 Å². The van der Waals surface area contributed by atoms with Gasteiger partial charge in [0.2, 0.25) is 0 Å². The number of aryl methyl sites for hydroxylation is 1. The van der Waals surface area contributed by atoms with E-state index in [1.54, 1.807) is 16.9 Å². The molecule has 0 bridgehead atoms. The molecule has 2 aromatic heterocycles. The summed E-state index contributed by atoms with van der Waals surface area (Å²) in [6.45, 7) is 3.35. The summed E-state index contributed by atoms with van der Waals surface area (Å²) in [5.74, 6) is -0.609. The van der Waals surface area contributed by atoms with Gasteiger partial charge in [-0.3, -0.25) is 14.4 Å². The van der Waals surface area contributed by atoms with Gasteiger partial charge in [0.15, 0.2) is 5.13 Å². The van der Waals surface area contributed by atoms with Crippen molar-refractivity contribution in [3.8, 4) is 5.75 Å². The topological polar surface area (TPSA) is 69.5 Å². The van der Waals surface area contributed by atoms with Crippen LogP contribution in [0.3, 0.4) is 0 Å². The maximum atomic E-state index is 13.3. The predicted octanol–water partition coefficient (Wildman–Crippen LogP) is 4.24. The molecule has 11 heteroatoms. The molecule has 4 rings (SSSR count). The van der Waals surface area contributed by atoms with Crippen LogP contribution >= 0.6 is 11.3 Å². The second-order valence-electron chi connectivity index (χ2n) is 6.76. The molecule has 1 unspecified atom stereocenters. The molecule has 7 nitrogen and oxygen atoms in total. The van der Waals surface area contributed by atoms with Crippen LogP contribution in [0.25, 0.3) is 10.2 Å². The number of hydrogen-bond donors (Lipinski definition) is 0. The second-order valence-corrected chi connectivity index (χ2v) is 7.77. The smallest absolute Gasteiger partial charge is 0.406 e. The van der Waals surface area contributed by atoms with E-state index in [1.165, 1.54) is 23.1 Å². The Morgan fingerprint density at radius 2 is 2.23 bits per heavy atom. The number of thiazole rings is 1. The van der Waals surface area contributed by atoms with Gasteiger partial charge in [0.1, 0.15) is 11.4 Å². The molecule has 160 valence electrons.